The molecule has 0 spiro atoms. The van der Waals surface area contributed by atoms with E-state index in [1.54, 1.807) is 33.0 Å². The molecule has 47 heavy (non-hydrogen) atoms. The Hall–Kier alpha value is -3.35. The number of aromatic nitrogens is 1. The van der Waals surface area contributed by atoms with Crippen LogP contribution in [0.3, 0.4) is 0 Å². The van der Waals surface area contributed by atoms with E-state index in [9.17, 15) is 29.3 Å². The number of nitrogens with one attached hydrogen (secondary N) is 2. The summed E-state index contributed by atoms with van der Waals surface area (Å²) in [4.78, 5) is 29.1. The summed E-state index contributed by atoms with van der Waals surface area (Å²) in [6.07, 6.45) is -4.02. The second-order valence-electron chi connectivity index (χ2n) is 14.2. The molecule has 3 heterocycles. The molecule has 2 amide bonds. The number of fused-ring (bicyclic) bond motifs is 1. The molecule has 0 bridgehead atoms. The third-order valence-corrected chi connectivity index (χ3v) is 9.86. The number of carbonyl (C=O) groups is 2. The van der Waals surface area contributed by atoms with Crippen LogP contribution in [0.25, 0.3) is 22.2 Å². The summed E-state index contributed by atoms with van der Waals surface area (Å²) < 4.78 is 22.3. The SMILES string of the molecule is CN[C@@H](C)C(=O)N[C@H](C(=O)N1CCC[C@H]1Cc1c(-c2ccc(F)cc2)n(C2O[C@@H](C)[C@@H](O)[C@@H](O)[C@@H]2O)c2cccc(C)c12)C(C)(C)C. The van der Waals surface area contributed by atoms with E-state index in [1.165, 1.54) is 12.1 Å². The van der Waals surface area contributed by atoms with Crippen molar-refractivity contribution in [3.05, 3.63) is 59.4 Å². The molecular weight excluding hydrogens is 603 g/mol. The third-order valence-electron chi connectivity index (χ3n) is 9.86. The van der Waals surface area contributed by atoms with Crippen molar-refractivity contribution < 1.29 is 34.0 Å². The smallest absolute Gasteiger partial charge is 0.245 e. The molecule has 1 aromatic heterocycles. The lowest BCUT2D eigenvalue weighted by molar-refractivity contribution is -0.238. The van der Waals surface area contributed by atoms with Gasteiger partial charge < -0.3 is 40.2 Å². The van der Waals surface area contributed by atoms with Gasteiger partial charge in [0.05, 0.1) is 23.4 Å². The molecule has 2 fully saturated rings. The average Bonchev–Trinajstić information content (AvgIpc) is 3.63. The second kappa shape index (κ2) is 13.6. The molecule has 8 atom stereocenters. The largest absolute Gasteiger partial charge is 0.388 e. The van der Waals surface area contributed by atoms with Gasteiger partial charge in [-0.2, -0.15) is 0 Å². The van der Waals surface area contributed by atoms with E-state index in [0.29, 0.717) is 24.2 Å². The third kappa shape index (κ3) is 6.69. The summed E-state index contributed by atoms with van der Waals surface area (Å²) in [5.74, 6) is -0.788. The topological polar surface area (TPSA) is 136 Å². The van der Waals surface area contributed by atoms with Gasteiger partial charge in [0.2, 0.25) is 11.8 Å². The number of benzene rings is 2. The molecule has 0 radical (unpaired) electrons. The van der Waals surface area contributed by atoms with E-state index in [1.807, 2.05) is 55.4 Å². The van der Waals surface area contributed by atoms with Crippen LogP contribution in [0.1, 0.15) is 64.8 Å². The van der Waals surface area contributed by atoms with Crippen LogP contribution < -0.4 is 10.6 Å². The fourth-order valence-electron chi connectivity index (χ4n) is 7.04. The van der Waals surface area contributed by atoms with Gasteiger partial charge in [-0.3, -0.25) is 9.59 Å². The van der Waals surface area contributed by atoms with Gasteiger partial charge in [-0.25, -0.2) is 4.39 Å². The first-order valence-electron chi connectivity index (χ1n) is 16.5. The number of amides is 2. The minimum absolute atomic E-state index is 0.141. The van der Waals surface area contributed by atoms with E-state index in [-0.39, 0.29) is 17.9 Å². The van der Waals surface area contributed by atoms with Gasteiger partial charge in [-0.05, 0) is 99.5 Å². The minimum Gasteiger partial charge on any atom is -0.388 e. The van der Waals surface area contributed by atoms with Crippen LogP contribution in [0.2, 0.25) is 0 Å². The quantitative estimate of drug-likeness (QED) is 0.252. The molecule has 256 valence electrons. The highest BCUT2D eigenvalue weighted by atomic mass is 19.1. The highest BCUT2D eigenvalue weighted by Crippen LogP contribution is 2.43. The van der Waals surface area contributed by atoms with Gasteiger partial charge in [-0.1, -0.05) is 32.9 Å². The van der Waals surface area contributed by atoms with Crippen molar-refractivity contribution in [2.75, 3.05) is 13.6 Å². The number of ether oxygens (including phenoxy) is 1. The van der Waals surface area contributed by atoms with Crippen molar-refractivity contribution in [2.24, 2.45) is 5.41 Å². The number of nitrogens with zero attached hydrogens (tertiary/aromatic N) is 2. The number of carbonyl (C=O) groups excluding carboxylic acids is 2. The molecule has 5 rings (SSSR count). The van der Waals surface area contributed by atoms with E-state index < -0.39 is 54.0 Å². The lowest BCUT2D eigenvalue weighted by Gasteiger charge is -2.41. The first-order chi connectivity index (χ1) is 22.1. The molecule has 10 nitrogen and oxygen atoms in total. The molecule has 2 saturated heterocycles. The maximum Gasteiger partial charge on any atom is 0.245 e. The second-order valence-corrected chi connectivity index (χ2v) is 14.2. The van der Waals surface area contributed by atoms with Crippen LogP contribution >= 0.6 is 0 Å². The average molecular weight is 653 g/mol. The lowest BCUT2D eigenvalue weighted by Crippen LogP contribution is -2.58. The van der Waals surface area contributed by atoms with Crippen molar-refractivity contribution in [2.45, 2.75) is 110 Å². The highest BCUT2D eigenvalue weighted by Gasteiger charge is 2.45. The number of aliphatic hydroxyl groups is 3. The van der Waals surface area contributed by atoms with Crippen molar-refractivity contribution >= 4 is 22.7 Å². The summed E-state index contributed by atoms with van der Waals surface area (Å²) in [6, 6.07) is 10.5. The maximum atomic E-state index is 14.3. The van der Waals surface area contributed by atoms with Gasteiger partial charge in [0, 0.05) is 18.0 Å². The summed E-state index contributed by atoms with van der Waals surface area (Å²) in [7, 11) is 1.70. The van der Waals surface area contributed by atoms with Crippen molar-refractivity contribution in [1.82, 2.24) is 20.1 Å². The number of aryl methyl sites for hydroxylation is 1. The number of hydrogen-bond donors (Lipinski definition) is 5. The van der Waals surface area contributed by atoms with Gasteiger partial charge in [-0.15, -0.1) is 0 Å². The Labute approximate surface area is 275 Å². The Morgan fingerprint density at radius 1 is 1.06 bits per heavy atom. The highest BCUT2D eigenvalue weighted by molar-refractivity contribution is 5.95. The molecule has 2 aliphatic heterocycles. The number of halogens is 1. The summed E-state index contributed by atoms with van der Waals surface area (Å²) >= 11 is 0. The molecule has 11 heteroatoms. The van der Waals surface area contributed by atoms with Crippen molar-refractivity contribution in [1.29, 1.82) is 0 Å². The number of rotatable bonds is 8. The number of aliphatic hydroxyl groups excluding tert-OH is 3. The molecule has 2 aliphatic rings. The van der Waals surface area contributed by atoms with E-state index in [4.69, 9.17) is 4.74 Å². The van der Waals surface area contributed by atoms with Crippen LogP contribution in [0.5, 0.6) is 0 Å². The Bertz CT molecular complexity index is 1600. The first-order valence-corrected chi connectivity index (χ1v) is 16.5. The van der Waals surface area contributed by atoms with Crippen LogP contribution in [-0.4, -0.2) is 92.7 Å². The predicted octanol–water partition coefficient (Wildman–Crippen LogP) is 3.43. The molecular formula is C36H49FN4O6. The molecule has 1 unspecified atom stereocenters. The maximum absolute atomic E-state index is 14.3. The van der Waals surface area contributed by atoms with Crippen LogP contribution in [0, 0.1) is 18.2 Å². The normalized spacial score (nSPS) is 26.4. The zero-order chi connectivity index (χ0) is 34.4. The Kier molecular flexibility index (Phi) is 10.1. The molecule has 0 saturated carbocycles. The summed E-state index contributed by atoms with van der Waals surface area (Å²) in [5.41, 5.74) is 3.43. The zero-order valence-corrected chi connectivity index (χ0v) is 28.3. The molecule has 2 aromatic carbocycles. The first kappa shape index (κ1) is 35.0. The zero-order valence-electron chi connectivity index (χ0n) is 28.3. The lowest BCUT2D eigenvalue weighted by atomic mass is 9.85. The van der Waals surface area contributed by atoms with Gasteiger partial charge in [0.1, 0.15) is 30.2 Å². The predicted molar refractivity (Wildman–Crippen MR) is 178 cm³/mol. The molecule has 5 N–H and O–H groups in total. The Morgan fingerprint density at radius 3 is 2.38 bits per heavy atom. The van der Waals surface area contributed by atoms with Crippen LogP contribution in [0.15, 0.2) is 42.5 Å². The van der Waals surface area contributed by atoms with Crippen molar-refractivity contribution in [3.8, 4) is 11.3 Å². The fourth-order valence-corrected chi connectivity index (χ4v) is 7.04. The van der Waals surface area contributed by atoms with Gasteiger partial charge in [0.25, 0.3) is 0 Å². The van der Waals surface area contributed by atoms with E-state index >= 15 is 0 Å². The Morgan fingerprint density at radius 2 is 1.74 bits per heavy atom. The van der Waals surface area contributed by atoms with Crippen LogP contribution in [-0.2, 0) is 20.7 Å². The fraction of sp³-hybridized carbons (Fsp3) is 0.556. The standard InChI is InChI=1S/C36H49FN4O6/c1-19-10-8-12-26-27(19)25(18-24-11-9-17-40(24)34(46)32(36(4,5)6)39-33(45)20(2)38-7)28(22-13-15-23(37)16-14-22)41(26)35-31(44)30(43)29(42)21(3)47-35/h8,10,12-16,20-21,24,29-32,35,38,42-44H,9,11,17-18H2,1-7H3,(H,39,45)/t20-,21-,24-,29+,30+,31-,32+,35?/m0/s1. The summed E-state index contributed by atoms with van der Waals surface area (Å²) in [5, 5.41) is 39.4. The molecule has 3 aromatic rings. The minimum atomic E-state index is -1.45. The van der Waals surface area contributed by atoms with Crippen LogP contribution in [0.4, 0.5) is 4.39 Å². The summed E-state index contributed by atoms with van der Waals surface area (Å²) in [6.45, 7) is 11.8. The van der Waals surface area contributed by atoms with Gasteiger partial charge in [0.15, 0.2) is 6.23 Å². The van der Waals surface area contributed by atoms with E-state index in [2.05, 4.69) is 10.6 Å². The monoisotopic (exact) mass is 652 g/mol. The number of likely N-dealkylation sites (tertiary alicyclic amines) is 1. The van der Waals surface area contributed by atoms with Crippen molar-refractivity contribution in [3.63, 3.8) is 0 Å². The van der Waals surface area contributed by atoms with Gasteiger partial charge >= 0.3 is 0 Å². The Balaban J connectivity index is 1.64. The molecule has 0 aliphatic carbocycles. The number of likely N-dealkylation sites (N-methyl/N-ethyl adjacent to an activating group) is 1. The van der Waals surface area contributed by atoms with E-state index in [0.717, 1.165) is 34.9 Å². The number of hydrogen-bond acceptors (Lipinski definition) is 7.